The molecule has 0 bridgehead atoms. The van der Waals surface area contributed by atoms with Gasteiger partial charge in [0.25, 0.3) is 0 Å². The molecule has 1 aromatic rings. The molecule has 0 aromatic carbocycles. The Morgan fingerprint density at radius 1 is 1.67 bits per heavy atom. The fraction of sp³-hybridized carbons (Fsp3) is 0.583. The zero-order valence-electron chi connectivity index (χ0n) is 10.2. The number of aromatic carboxylic acids is 1. The average Bonchev–Trinajstić information content (AvgIpc) is 2.89. The third kappa shape index (κ3) is 3.40. The highest BCUT2D eigenvalue weighted by Gasteiger charge is 2.20. The van der Waals surface area contributed by atoms with Crippen LogP contribution >= 0.6 is 11.3 Å². The van der Waals surface area contributed by atoms with Crippen molar-refractivity contribution in [1.82, 2.24) is 0 Å². The lowest BCUT2D eigenvalue weighted by atomic mass is 10.3. The maximum atomic E-state index is 12.0. The van der Waals surface area contributed by atoms with Crippen molar-refractivity contribution in [3.05, 3.63) is 21.4 Å². The van der Waals surface area contributed by atoms with Crippen LogP contribution < -0.4 is 0 Å². The van der Waals surface area contributed by atoms with Crippen LogP contribution in [0.3, 0.4) is 0 Å². The van der Waals surface area contributed by atoms with Crippen LogP contribution in [-0.2, 0) is 21.3 Å². The topological polar surface area (TPSA) is 63.6 Å². The van der Waals surface area contributed by atoms with Crippen molar-refractivity contribution < 1.29 is 18.8 Å². The third-order valence-electron chi connectivity index (χ3n) is 2.94. The summed E-state index contributed by atoms with van der Waals surface area (Å²) in [4.78, 5) is 12.1. The van der Waals surface area contributed by atoms with Gasteiger partial charge in [0.1, 0.15) is 4.88 Å². The number of carbonyl (C=O) groups is 1. The molecule has 1 aliphatic rings. The number of thiophene rings is 1. The van der Waals surface area contributed by atoms with E-state index in [4.69, 9.17) is 9.84 Å². The van der Waals surface area contributed by atoms with Gasteiger partial charge < -0.3 is 9.84 Å². The van der Waals surface area contributed by atoms with Crippen molar-refractivity contribution in [1.29, 1.82) is 0 Å². The molecule has 2 rings (SSSR count). The monoisotopic (exact) mass is 288 g/mol. The molecule has 100 valence electrons. The summed E-state index contributed by atoms with van der Waals surface area (Å²) in [5, 5.41) is 8.90. The van der Waals surface area contributed by atoms with E-state index < -0.39 is 16.8 Å². The normalized spacial score (nSPS) is 21.1. The van der Waals surface area contributed by atoms with E-state index in [0.717, 1.165) is 29.9 Å². The van der Waals surface area contributed by atoms with E-state index in [9.17, 15) is 9.00 Å². The molecular weight excluding hydrogens is 272 g/mol. The Bertz CT molecular complexity index is 461. The maximum Gasteiger partial charge on any atom is 0.345 e. The van der Waals surface area contributed by atoms with E-state index in [2.05, 4.69) is 0 Å². The largest absolute Gasteiger partial charge is 0.477 e. The van der Waals surface area contributed by atoms with E-state index in [1.165, 1.54) is 11.3 Å². The van der Waals surface area contributed by atoms with Gasteiger partial charge in [-0.1, -0.05) is 0 Å². The predicted molar refractivity (Wildman–Crippen MR) is 71.7 cm³/mol. The van der Waals surface area contributed by atoms with Gasteiger partial charge in [0.15, 0.2) is 0 Å². The van der Waals surface area contributed by atoms with Gasteiger partial charge in [-0.3, -0.25) is 4.21 Å². The minimum Gasteiger partial charge on any atom is -0.477 e. The Hall–Kier alpha value is -0.720. The van der Waals surface area contributed by atoms with Gasteiger partial charge in [-0.25, -0.2) is 4.79 Å². The van der Waals surface area contributed by atoms with Gasteiger partial charge in [-0.05, 0) is 31.4 Å². The molecule has 1 aliphatic heterocycles. The van der Waals surface area contributed by atoms with Crippen LogP contribution in [-0.4, -0.2) is 33.7 Å². The molecular formula is C12H16O4S2. The van der Waals surface area contributed by atoms with Crippen LogP contribution in [0, 0.1) is 6.92 Å². The van der Waals surface area contributed by atoms with Crippen LogP contribution in [0.15, 0.2) is 6.07 Å². The van der Waals surface area contributed by atoms with Gasteiger partial charge >= 0.3 is 5.97 Å². The van der Waals surface area contributed by atoms with Crippen molar-refractivity contribution in [3.63, 3.8) is 0 Å². The van der Waals surface area contributed by atoms with Crippen molar-refractivity contribution in [3.8, 4) is 0 Å². The Morgan fingerprint density at radius 2 is 2.44 bits per heavy atom. The smallest absolute Gasteiger partial charge is 0.345 e. The third-order valence-corrected chi connectivity index (χ3v) is 5.40. The van der Waals surface area contributed by atoms with E-state index in [1.54, 1.807) is 6.07 Å². The second-order valence-electron chi connectivity index (χ2n) is 4.38. The van der Waals surface area contributed by atoms with Crippen molar-refractivity contribution in [2.24, 2.45) is 0 Å². The molecule has 0 spiro atoms. The number of hydrogen-bond donors (Lipinski definition) is 1. The first kappa shape index (κ1) is 13.7. The Morgan fingerprint density at radius 3 is 3.00 bits per heavy atom. The lowest BCUT2D eigenvalue weighted by molar-refractivity contribution is 0.0702. The lowest BCUT2D eigenvalue weighted by Gasteiger charge is -2.08. The van der Waals surface area contributed by atoms with Crippen molar-refractivity contribution >= 4 is 28.1 Å². The van der Waals surface area contributed by atoms with Gasteiger partial charge in [0.2, 0.25) is 0 Å². The second-order valence-corrected chi connectivity index (χ2v) is 7.14. The van der Waals surface area contributed by atoms with Gasteiger partial charge in [0.05, 0.1) is 11.9 Å². The van der Waals surface area contributed by atoms with E-state index >= 15 is 0 Å². The number of rotatable bonds is 5. The van der Waals surface area contributed by atoms with Crippen LogP contribution in [0.25, 0.3) is 0 Å². The molecule has 2 unspecified atom stereocenters. The number of ether oxygens (including phenoxy) is 1. The summed E-state index contributed by atoms with van der Waals surface area (Å²) < 4.78 is 17.4. The fourth-order valence-electron chi connectivity index (χ4n) is 1.98. The minimum atomic E-state index is -0.982. The zero-order valence-corrected chi connectivity index (χ0v) is 11.8. The highest BCUT2D eigenvalue weighted by atomic mass is 32.2. The first-order chi connectivity index (χ1) is 8.56. The molecule has 1 saturated heterocycles. The lowest BCUT2D eigenvalue weighted by Crippen LogP contribution is -2.16. The Kier molecular flexibility index (Phi) is 4.53. The van der Waals surface area contributed by atoms with Crippen LogP contribution in [0.1, 0.15) is 33.0 Å². The molecule has 0 saturated carbocycles. The molecule has 2 atom stereocenters. The summed E-state index contributed by atoms with van der Waals surface area (Å²) in [7, 11) is -0.982. The number of hydrogen-bond acceptors (Lipinski definition) is 4. The minimum absolute atomic E-state index is 0.115. The molecule has 2 heterocycles. The highest BCUT2D eigenvalue weighted by Crippen LogP contribution is 2.23. The number of carboxylic acids is 1. The van der Waals surface area contributed by atoms with Crippen molar-refractivity contribution in [2.45, 2.75) is 31.6 Å². The molecule has 0 amide bonds. The van der Waals surface area contributed by atoms with Crippen LogP contribution in [0.5, 0.6) is 0 Å². The quantitative estimate of drug-likeness (QED) is 0.902. The van der Waals surface area contributed by atoms with Crippen molar-refractivity contribution in [2.75, 3.05) is 12.4 Å². The average molecular weight is 288 g/mol. The molecule has 0 radical (unpaired) electrons. The molecule has 18 heavy (non-hydrogen) atoms. The molecule has 6 heteroatoms. The summed E-state index contributed by atoms with van der Waals surface area (Å²) in [6.45, 7) is 2.64. The molecule has 1 N–H and O–H groups in total. The van der Waals surface area contributed by atoms with Crippen LogP contribution in [0.4, 0.5) is 0 Å². The Balaban J connectivity index is 1.95. The van der Waals surface area contributed by atoms with Crippen LogP contribution in [0.2, 0.25) is 0 Å². The summed E-state index contributed by atoms with van der Waals surface area (Å²) in [6.07, 6.45) is 2.14. The zero-order chi connectivity index (χ0) is 13.1. The molecule has 1 aromatic heterocycles. The standard InChI is InChI=1S/C12H16O4S2/c1-8-9(5-11(17-8)12(13)14)6-18(15)7-10-3-2-4-16-10/h5,10H,2-4,6-7H2,1H3,(H,13,14). The van der Waals surface area contributed by atoms with E-state index in [-0.39, 0.29) is 6.10 Å². The molecule has 0 aliphatic carbocycles. The number of aryl methyl sites for hydroxylation is 1. The summed E-state index contributed by atoms with van der Waals surface area (Å²) in [6, 6.07) is 1.63. The second kappa shape index (κ2) is 5.95. The highest BCUT2D eigenvalue weighted by molar-refractivity contribution is 7.84. The SMILES string of the molecule is Cc1sc(C(=O)O)cc1CS(=O)CC1CCCO1. The van der Waals surface area contributed by atoms with Gasteiger partial charge in [0, 0.05) is 28.0 Å². The first-order valence-corrected chi connectivity index (χ1v) is 8.16. The van der Waals surface area contributed by atoms with E-state index in [0.29, 0.717) is 16.4 Å². The summed E-state index contributed by atoms with van der Waals surface area (Å²) in [5.74, 6) is 0.0620. The summed E-state index contributed by atoms with van der Waals surface area (Å²) in [5.41, 5.74) is 0.883. The number of carboxylic acid groups (broad SMARTS) is 1. The molecule has 4 nitrogen and oxygen atoms in total. The first-order valence-electron chi connectivity index (χ1n) is 5.85. The molecule has 1 fully saturated rings. The van der Waals surface area contributed by atoms with Gasteiger partial charge in [-0.2, -0.15) is 0 Å². The van der Waals surface area contributed by atoms with Gasteiger partial charge in [-0.15, -0.1) is 11.3 Å². The fourth-order valence-corrected chi connectivity index (χ4v) is 4.40. The maximum absolute atomic E-state index is 12.0. The predicted octanol–water partition coefficient (Wildman–Crippen LogP) is 2.18. The summed E-state index contributed by atoms with van der Waals surface area (Å²) >= 11 is 1.24. The van der Waals surface area contributed by atoms with E-state index in [1.807, 2.05) is 6.92 Å². The Labute approximate surface area is 112 Å².